The van der Waals surface area contributed by atoms with E-state index < -0.39 is 0 Å². The highest BCUT2D eigenvalue weighted by atomic mass is 16.3. The number of nitrogens with one attached hydrogen (secondary N) is 1. The van der Waals surface area contributed by atoms with E-state index in [-0.39, 0.29) is 0 Å². The third-order valence-corrected chi connectivity index (χ3v) is 3.57. The van der Waals surface area contributed by atoms with Gasteiger partial charge in [0.15, 0.2) is 0 Å². The lowest BCUT2D eigenvalue weighted by Gasteiger charge is -2.18. The summed E-state index contributed by atoms with van der Waals surface area (Å²) in [6, 6.07) is 13.3. The average Bonchev–Trinajstić information content (AvgIpc) is 2.95. The second-order valence-corrected chi connectivity index (χ2v) is 5.46. The highest BCUT2D eigenvalue weighted by Crippen LogP contribution is 2.12. The highest BCUT2D eigenvalue weighted by molar-refractivity contribution is 5.23. The summed E-state index contributed by atoms with van der Waals surface area (Å²) in [6.07, 6.45) is 6.12. The summed E-state index contributed by atoms with van der Waals surface area (Å²) in [5.74, 6) is 1.08. The molecule has 0 aliphatic heterocycles. The summed E-state index contributed by atoms with van der Waals surface area (Å²) >= 11 is 0. The fraction of sp³-hybridized carbons (Fsp3) is 0.444. The first-order chi connectivity index (χ1) is 9.78. The molecular weight excluding hydrogens is 246 g/mol. The molecule has 1 heterocycles. The van der Waals surface area contributed by atoms with E-state index >= 15 is 0 Å². The second-order valence-electron chi connectivity index (χ2n) is 5.46. The van der Waals surface area contributed by atoms with Gasteiger partial charge in [0.25, 0.3) is 0 Å². The van der Waals surface area contributed by atoms with Crippen LogP contribution >= 0.6 is 0 Å². The molecule has 108 valence electrons. The van der Waals surface area contributed by atoms with E-state index in [2.05, 4.69) is 49.5 Å². The number of hydrogen-bond donors (Lipinski definition) is 1. The summed E-state index contributed by atoms with van der Waals surface area (Å²) in [7, 11) is 0. The lowest BCUT2D eigenvalue weighted by atomic mass is 9.99. The van der Waals surface area contributed by atoms with E-state index in [1.54, 1.807) is 6.26 Å². The van der Waals surface area contributed by atoms with Crippen molar-refractivity contribution in [3.8, 4) is 0 Å². The number of aryl methyl sites for hydroxylation is 2. The van der Waals surface area contributed by atoms with Crippen molar-refractivity contribution in [1.82, 2.24) is 5.32 Å². The van der Waals surface area contributed by atoms with Crippen LogP contribution in [0.25, 0.3) is 0 Å². The Morgan fingerprint density at radius 3 is 2.80 bits per heavy atom. The Hall–Kier alpha value is -1.54. The number of furan rings is 1. The largest absolute Gasteiger partial charge is 0.469 e. The molecule has 1 atom stereocenters. The Bertz CT molecular complexity index is 490. The van der Waals surface area contributed by atoms with Gasteiger partial charge in [-0.2, -0.15) is 0 Å². The average molecular weight is 271 g/mol. The van der Waals surface area contributed by atoms with E-state index in [1.165, 1.54) is 17.5 Å². The maximum atomic E-state index is 5.43. The Morgan fingerprint density at radius 2 is 2.10 bits per heavy atom. The molecule has 0 radical (unpaired) electrons. The van der Waals surface area contributed by atoms with Gasteiger partial charge in [0.1, 0.15) is 5.76 Å². The molecule has 2 aromatic rings. The highest BCUT2D eigenvalue weighted by Gasteiger charge is 2.10. The van der Waals surface area contributed by atoms with Crippen molar-refractivity contribution >= 4 is 0 Å². The van der Waals surface area contributed by atoms with Gasteiger partial charge in [-0.3, -0.25) is 0 Å². The van der Waals surface area contributed by atoms with Crippen LogP contribution in [0.15, 0.2) is 47.1 Å². The second kappa shape index (κ2) is 7.91. The fourth-order valence-corrected chi connectivity index (χ4v) is 2.52. The standard InChI is InChI=1S/C18H25NO/c1-3-11-19-17(9-10-18-8-5-12-20-18)14-16-7-4-6-15(2)13-16/h4-8,12-13,17,19H,3,9-11,14H2,1-2H3. The van der Waals surface area contributed by atoms with E-state index in [9.17, 15) is 0 Å². The zero-order valence-corrected chi connectivity index (χ0v) is 12.6. The monoisotopic (exact) mass is 271 g/mol. The lowest BCUT2D eigenvalue weighted by Crippen LogP contribution is -2.32. The molecule has 0 bridgehead atoms. The molecule has 0 aliphatic rings. The summed E-state index contributed by atoms with van der Waals surface area (Å²) in [5.41, 5.74) is 2.75. The van der Waals surface area contributed by atoms with Crippen molar-refractivity contribution in [2.75, 3.05) is 6.54 Å². The summed E-state index contributed by atoms with van der Waals surface area (Å²) < 4.78 is 5.43. The molecule has 0 saturated heterocycles. The summed E-state index contributed by atoms with van der Waals surface area (Å²) in [4.78, 5) is 0. The van der Waals surface area contributed by atoms with Gasteiger partial charge >= 0.3 is 0 Å². The van der Waals surface area contributed by atoms with Gasteiger partial charge in [-0.15, -0.1) is 0 Å². The molecule has 1 aromatic heterocycles. The number of hydrogen-bond acceptors (Lipinski definition) is 2. The first-order valence-corrected chi connectivity index (χ1v) is 7.59. The molecule has 20 heavy (non-hydrogen) atoms. The van der Waals surface area contributed by atoms with Crippen LogP contribution in [-0.2, 0) is 12.8 Å². The summed E-state index contributed by atoms with van der Waals surface area (Å²) in [6.45, 7) is 5.44. The zero-order valence-electron chi connectivity index (χ0n) is 12.6. The van der Waals surface area contributed by atoms with Crippen molar-refractivity contribution in [2.45, 2.75) is 45.6 Å². The van der Waals surface area contributed by atoms with Crippen molar-refractivity contribution in [1.29, 1.82) is 0 Å². The minimum Gasteiger partial charge on any atom is -0.469 e. The van der Waals surface area contributed by atoms with Crippen LogP contribution in [0, 0.1) is 6.92 Å². The molecule has 0 spiro atoms. The molecule has 1 unspecified atom stereocenters. The zero-order chi connectivity index (χ0) is 14.2. The van der Waals surface area contributed by atoms with Crippen molar-refractivity contribution in [2.24, 2.45) is 0 Å². The third-order valence-electron chi connectivity index (χ3n) is 3.57. The van der Waals surface area contributed by atoms with Crippen LogP contribution in [-0.4, -0.2) is 12.6 Å². The lowest BCUT2D eigenvalue weighted by molar-refractivity contribution is 0.441. The van der Waals surface area contributed by atoms with Gasteiger partial charge in [-0.25, -0.2) is 0 Å². The van der Waals surface area contributed by atoms with Gasteiger partial charge in [0.05, 0.1) is 6.26 Å². The number of rotatable bonds is 8. The molecule has 1 aromatic carbocycles. The smallest absolute Gasteiger partial charge is 0.103 e. The molecular formula is C18H25NO. The first-order valence-electron chi connectivity index (χ1n) is 7.59. The van der Waals surface area contributed by atoms with Gasteiger partial charge in [-0.05, 0) is 50.4 Å². The Morgan fingerprint density at radius 1 is 1.20 bits per heavy atom. The van der Waals surface area contributed by atoms with Crippen molar-refractivity contribution < 1.29 is 4.42 Å². The Balaban J connectivity index is 1.92. The number of benzene rings is 1. The Labute approximate surface area is 122 Å². The van der Waals surface area contributed by atoms with Crippen LogP contribution < -0.4 is 5.32 Å². The fourth-order valence-electron chi connectivity index (χ4n) is 2.52. The molecule has 2 nitrogen and oxygen atoms in total. The van der Waals surface area contributed by atoms with E-state index in [1.807, 2.05) is 6.07 Å². The van der Waals surface area contributed by atoms with Gasteiger partial charge in [0, 0.05) is 12.5 Å². The van der Waals surface area contributed by atoms with Crippen LogP contribution in [0.1, 0.15) is 36.7 Å². The van der Waals surface area contributed by atoms with Crippen LogP contribution in [0.4, 0.5) is 0 Å². The topological polar surface area (TPSA) is 25.2 Å². The SMILES string of the molecule is CCCNC(CCc1ccco1)Cc1cccc(C)c1. The molecule has 0 saturated carbocycles. The van der Waals surface area contributed by atoms with Gasteiger partial charge in [0.2, 0.25) is 0 Å². The molecule has 1 N–H and O–H groups in total. The van der Waals surface area contributed by atoms with Crippen molar-refractivity contribution in [3.05, 3.63) is 59.5 Å². The van der Waals surface area contributed by atoms with E-state index in [0.29, 0.717) is 6.04 Å². The maximum Gasteiger partial charge on any atom is 0.103 e. The third kappa shape index (κ3) is 4.86. The molecule has 0 amide bonds. The quantitative estimate of drug-likeness (QED) is 0.781. The molecule has 0 aliphatic carbocycles. The minimum absolute atomic E-state index is 0.516. The Kier molecular flexibility index (Phi) is 5.87. The predicted octanol–water partition coefficient (Wildman–Crippen LogP) is 4.13. The first kappa shape index (κ1) is 14.9. The van der Waals surface area contributed by atoms with E-state index in [4.69, 9.17) is 4.42 Å². The van der Waals surface area contributed by atoms with E-state index in [0.717, 1.165) is 31.6 Å². The van der Waals surface area contributed by atoms with Gasteiger partial charge < -0.3 is 9.73 Å². The summed E-state index contributed by atoms with van der Waals surface area (Å²) in [5, 5.41) is 3.66. The predicted molar refractivity (Wildman–Crippen MR) is 84.0 cm³/mol. The normalized spacial score (nSPS) is 12.5. The minimum atomic E-state index is 0.516. The molecule has 2 rings (SSSR count). The van der Waals surface area contributed by atoms with Crippen LogP contribution in [0.2, 0.25) is 0 Å². The van der Waals surface area contributed by atoms with Crippen LogP contribution in [0.5, 0.6) is 0 Å². The molecule has 2 heteroatoms. The van der Waals surface area contributed by atoms with Crippen molar-refractivity contribution in [3.63, 3.8) is 0 Å². The maximum absolute atomic E-state index is 5.43. The van der Waals surface area contributed by atoms with Gasteiger partial charge in [-0.1, -0.05) is 36.8 Å². The van der Waals surface area contributed by atoms with Crippen LogP contribution in [0.3, 0.4) is 0 Å². The molecule has 0 fully saturated rings.